The molecule has 2 aromatic rings. The minimum Gasteiger partial charge on any atom is -0.493 e. The molecule has 2 aliphatic rings. The molecule has 6 nitrogen and oxygen atoms in total. The van der Waals surface area contributed by atoms with Crippen LogP contribution in [0, 0.1) is 0 Å². The molecule has 0 spiro atoms. The molecule has 1 unspecified atom stereocenters. The van der Waals surface area contributed by atoms with Crippen molar-refractivity contribution in [3.63, 3.8) is 0 Å². The Balaban J connectivity index is 1.58. The molecule has 1 aliphatic heterocycles. The van der Waals surface area contributed by atoms with Gasteiger partial charge < -0.3 is 14.4 Å². The molecule has 0 bridgehead atoms. The van der Waals surface area contributed by atoms with E-state index in [4.69, 9.17) is 9.47 Å². The standard InChI is InChI=1S/C23H27NO5S/c1-28-21-11-10-16(14-22(21)29-18-7-3-4-8-18)20-12-13-24(23(20)25)17-6-5-9-19(15-17)30(2,26)27/h5-6,9-11,14-15,18,20H,3-4,7-8,12-13H2,1-2H3. The quantitative estimate of drug-likeness (QED) is 0.695. The van der Waals surface area contributed by atoms with Gasteiger partial charge in [0.15, 0.2) is 21.3 Å². The summed E-state index contributed by atoms with van der Waals surface area (Å²) in [5, 5.41) is 0. The van der Waals surface area contributed by atoms with Crippen molar-refractivity contribution >= 4 is 21.4 Å². The van der Waals surface area contributed by atoms with Gasteiger partial charge in [0.1, 0.15) is 0 Å². The molecule has 30 heavy (non-hydrogen) atoms. The first-order valence-corrected chi connectivity index (χ1v) is 12.2. The molecular weight excluding hydrogens is 402 g/mol. The van der Waals surface area contributed by atoms with E-state index in [2.05, 4.69) is 0 Å². The summed E-state index contributed by atoms with van der Waals surface area (Å²) in [6.07, 6.45) is 6.47. The van der Waals surface area contributed by atoms with Gasteiger partial charge in [-0.05, 0) is 68.0 Å². The van der Waals surface area contributed by atoms with E-state index in [1.807, 2.05) is 18.2 Å². The average molecular weight is 430 g/mol. The second kappa shape index (κ2) is 8.30. The van der Waals surface area contributed by atoms with Crippen molar-refractivity contribution in [1.29, 1.82) is 0 Å². The molecule has 0 radical (unpaired) electrons. The van der Waals surface area contributed by atoms with Gasteiger partial charge in [-0.3, -0.25) is 4.79 Å². The summed E-state index contributed by atoms with van der Waals surface area (Å²) >= 11 is 0. The number of hydrogen-bond donors (Lipinski definition) is 0. The summed E-state index contributed by atoms with van der Waals surface area (Å²) in [4.78, 5) is 15.1. The lowest BCUT2D eigenvalue weighted by Crippen LogP contribution is -2.26. The van der Waals surface area contributed by atoms with Crippen LogP contribution in [0.5, 0.6) is 11.5 Å². The van der Waals surface area contributed by atoms with Crippen molar-refractivity contribution in [2.24, 2.45) is 0 Å². The van der Waals surface area contributed by atoms with Crippen LogP contribution in [0.3, 0.4) is 0 Å². The summed E-state index contributed by atoms with van der Waals surface area (Å²) in [5.74, 6) is 1.04. The van der Waals surface area contributed by atoms with Crippen LogP contribution in [-0.4, -0.2) is 40.3 Å². The van der Waals surface area contributed by atoms with Crippen LogP contribution in [-0.2, 0) is 14.6 Å². The molecule has 7 heteroatoms. The van der Waals surface area contributed by atoms with Crippen LogP contribution in [0.4, 0.5) is 5.69 Å². The second-order valence-electron chi connectivity index (χ2n) is 8.04. The number of carbonyl (C=O) groups is 1. The zero-order chi connectivity index (χ0) is 21.3. The third-order valence-electron chi connectivity index (χ3n) is 5.95. The highest BCUT2D eigenvalue weighted by Gasteiger charge is 2.34. The maximum atomic E-state index is 13.2. The van der Waals surface area contributed by atoms with E-state index in [1.54, 1.807) is 36.3 Å². The van der Waals surface area contributed by atoms with Gasteiger partial charge in [-0.1, -0.05) is 12.1 Å². The van der Waals surface area contributed by atoms with Crippen LogP contribution in [0.15, 0.2) is 47.4 Å². The van der Waals surface area contributed by atoms with Crippen molar-refractivity contribution < 1.29 is 22.7 Å². The highest BCUT2D eigenvalue weighted by atomic mass is 32.2. The molecule has 1 aliphatic carbocycles. The molecule has 2 fully saturated rings. The molecule has 2 aromatic carbocycles. The molecule has 1 atom stereocenters. The number of nitrogens with zero attached hydrogens (tertiary/aromatic N) is 1. The zero-order valence-corrected chi connectivity index (χ0v) is 18.2. The van der Waals surface area contributed by atoms with Gasteiger partial charge in [0, 0.05) is 18.5 Å². The van der Waals surface area contributed by atoms with E-state index in [0.29, 0.717) is 30.2 Å². The Kier molecular flexibility index (Phi) is 5.73. The summed E-state index contributed by atoms with van der Waals surface area (Å²) in [6, 6.07) is 12.3. The normalized spacial score (nSPS) is 20.0. The number of anilines is 1. The SMILES string of the molecule is COc1ccc(C2CCN(c3cccc(S(C)(=O)=O)c3)C2=O)cc1OC1CCCC1. The summed E-state index contributed by atoms with van der Waals surface area (Å²) in [7, 11) is -1.71. The van der Waals surface area contributed by atoms with Crippen LogP contribution in [0.25, 0.3) is 0 Å². The van der Waals surface area contributed by atoms with Gasteiger partial charge in [-0.2, -0.15) is 0 Å². The third-order valence-corrected chi connectivity index (χ3v) is 7.06. The largest absolute Gasteiger partial charge is 0.493 e. The number of rotatable bonds is 6. The van der Waals surface area contributed by atoms with E-state index in [1.165, 1.54) is 19.1 Å². The molecule has 0 aromatic heterocycles. The lowest BCUT2D eigenvalue weighted by molar-refractivity contribution is -0.118. The van der Waals surface area contributed by atoms with E-state index >= 15 is 0 Å². The predicted molar refractivity (Wildman–Crippen MR) is 115 cm³/mol. The molecule has 1 saturated heterocycles. The Morgan fingerprint density at radius 2 is 1.77 bits per heavy atom. The lowest BCUT2D eigenvalue weighted by Gasteiger charge is -2.19. The molecule has 160 valence electrons. The van der Waals surface area contributed by atoms with Gasteiger partial charge in [-0.25, -0.2) is 8.42 Å². The highest BCUT2D eigenvalue weighted by Crippen LogP contribution is 2.38. The first kappa shape index (κ1) is 20.7. The van der Waals surface area contributed by atoms with Crippen LogP contribution < -0.4 is 14.4 Å². The lowest BCUT2D eigenvalue weighted by atomic mass is 9.97. The number of carbonyl (C=O) groups excluding carboxylic acids is 1. The van der Waals surface area contributed by atoms with Crippen molar-refractivity contribution in [3.05, 3.63) is 48.0 Å². The monoisotopic (exact) mass is 429 g/mol. The highest BCUT2D eigenvalue weighted by molar-refractivity contribution is 7.90. The maximum Gasteiger partial charge on any atom is 0.234 e. The van der Waals surface area contributed by atoms with Crippen molar-refractivity contribution in [2.45, 2.75) is 49.0 Å². The predicted octanol–water partition coefficient (Wildman–Crippen LogP) is 3.94. The van der Waals surface area contributed by atoms with Crippen molar-refractivity contribution in [2.75, 3.05) is 24.8 Å². The maximum absolute atomic E-state index is 13.2. The van der Waals surface area contributed by atoms with E-state index < -0.39 is 9.84 Å². The zero-order valence-electron chi connectivity index (χ0n) is 17.3. The molecule has 4 rings (SSSR count). The topological polar surface area (TPSA) is 72.9 Å². The number of ether oxygens (including phenoxy) is 2. The molecule has 1 heterocycles. The Hall–Kier alpha value is -2.54. The summed E-state index contributed by atoms with van der Waals surface area (Å²) in [5.41, 5.74) is 1.51. The van der Waals surface area contributed by atoms with Crippen LogP contribution in [0.1, 0.15) is 43.6 Å². The smallest absolute Gasteiger partial charge is 0.234 e. The van der Waals surface area contributed by atoms with Crippen LogP contribution >= 0.6 is 0 Å². The number of hydrogen-bond acceptors (Lipinski definition) is 5. The number of methoxy groups -OCH3 is 1. The fourth-order valence-corrected chi connectivity index (χ4v) is 4.98. The Morgan fingerprint density at radius 1 is 1.00 bits per heavy atom. The van der Waals surface area contributed by atoms with Gasteiger partial charge in [-0.15, -0.1) is 0 Å². The molecular formula is C23H27NO5S. The second-order valence-corrected chi connectivity index (χ2v) is 10.1. The van der Waals surface area contributed by atoms with Gasteiger partial charge >= 0.3 is 0 Å². The van der Waals surface area contributed by atoms with Crippen LogP contribution in [0.2, 0.25) is 0 Å². The minimum atomic E-state index is -3.33. The van der Waals surface area contributed by atoms with E-state index in [-0.39, 0.29) is 22.8 Å². The van der Waals surface area contributed by atoms with Gasteiger partial charge in [0.25, 0.3) is 0 Å². The molecule has 0 N–H and O–H groups in total. The first-order valence-electron chi connectivity index (χ1n) is 10.3. The average Bonchev–Trinajstić information content (AvgIpc) is 3.37. The van der Waals surface area contributed by atoms with E-state index in [0.717, 1.165) is 18.4 Å². The minimum absolute atomic E-state index is 0.0300. The molecule has 1 saturated carbocycles. The fourth-order valence-electron chi connectivity index (χ4n) is 4.32. The Morgan fingerprint density at radius 3 is 2.47 bits per heavy atom. The third kappa shape index (κ3) is 4.17. The van der Waals surface area contributed by atoms with Crippen molar-refractivity contribution in [3.8, 4) is 11.5 Å². The Labute approximate surface area is 177 Å². The summed E-state index contributed by atoms with van der Waals surface area (Å²) in [6.45, 7) is 0.543. The van der Waals surface area contributed by atoms with Crippen molar-refractivity contribution in [1.82, 2.24) is 0 Å². The number of sulfone groups is 1. The molecule has 1 amide bonds. The Bertz CT molecular complexity index is 1040. The van der Waals surface area contributed by atoms with Gasteiger partial charge in [0.2, 0.25) is 5.91 Å². The number of benzene rings is 2. The fraction of sp³-hybridized carbons (Fsp3) is 0.435. The van der Waals surface area contributed by atoms with E-state index in [9.17, 15) is 13.2 Å². The van der Waals surface area contributed by atoms with Gasteiger partial charge in [0.05, 0.1) is 24.0 Å². The number of amides is 1. The first-order chi connectivity index (χ1) is 14.4. The summed E-state index contributed by atoms with van der Waals surface area (Å²) < 4.78 is 35.4.